The largest absolute Gasteiger partial charge is 0.391 e. The quantitative estimate of drug-likeness (QED) is 0.492. The SMILES string of the molecule is CN1CC(CNC2NCNC(N3CCCC3C3CCC(C(F)(F)F)CC3)C2F)CN1. The lowest BCUT2D eigenvalue weighted by molar-refractivity contribution is -0.185. The van der Waals surface area contributed by atoms with E-state index in [1.54, 1.807) is 0 Å². The predicted octanol–water partition coefficient (Wildman–Crippen LogP) is 1.62. The molecule has 0 aromatic rings. The molecule has 3 heterocycles. The first-order valence-electron chi connectivity index (χ1n) is 11.4. The van der Waals surface area contributed by atoms with Crippen molar-refractivity contribution >= 4 is 0 Å². The molecule has 30 heavy (non-hydrogen) atoms. The van der Waals surface area contributed by atoms with Gasteiger partial charge in [-0.25, -0.2) is 9.40 Å². The maximum atomic E-state index is 15.5. The number of rotatable bonds is 5. The van der Waals surface area contributed by atoms with Crippen LogP contribution in [0, 0.1) is 17.8 Å². The summed E-state index contributed by atoms with van der Waals surface area (Å²) >= 11 is 0. The summed E-state index contributed by atoms with van der Waals surface area (Å²) in [6, 6.07) is 0.182. The van der Waals surface area contributed by atoms with Gasteiger partial charge in [-0.3, -0.25) is 26.3 Å². The zero-order chi connectivity index (χ0) is 21.3. The molecule has 6 nitrogen and oxygen atoms in total. The molecule has 3 saturated heterocycles. The summed E-state index contributed by atoms with van der Waals surface area (Å²) in [5.74, 6) is -0.477. The predicted molar refractivity (Wildman–Crippen MR) is 107 cm³/mol. The Balaban J connectivity index is 1.32. The first-order chi connectivity index (χ1) is 14.3. The normalized spacial score (nSPS) is 42.1. The van der Waals surface area contributed by atoms with Gasteiger partial charge in [-0.1, -0.05) is 0 Å². The standard InChI is InChI=1S/C20H36F4N6/c1-29-11-13(10-28-29)9-25-18-17(21)19(27-12-26-18)30-8-2-3-16(30)14-4-6-15(7-5-14)20(22,23)24/h13-19,25-28H,2-12H2,1H3. The monoisotopic (exact) mass is 436 g/mol. The Morgan fingerprint density at radius 2 is 1.83 bits per heavy atom. The molecule has 0 radical (unpaired) electrons. The topological polar surface area (TPSA) is 54.6 Å². The molecule has 1 aliphatic carbocycles. The molecule has 174 valence electrons. The van der Waals surface area contributed by atoms with Gasteiger partial charge in [0.05, 0.1) is 18.2 Å². The number of hydrogen-bond acceptors (Lipinski definition) is 6. The molecule has 0 amide bonds. The molecule has 0 spiro atoms. The van der Waals surface area contributed by atoms with E-state index in [1.807, 2.05) is 7.05 Å². The number of hydrogen-bond donors (Lipinski definition) is 4. The molecular weight excluding hydrogens is 400 g/mol. The summed E-state index contributed by atoms with van der Waals surface area (Å²) in [6.07, 6.45) is -2.43. The second kappa shape index (κ2) is 9.54. The van der Waals surface area contributed by atoms with Crippen molar-refractivity contribution in [3.05, 3.63) is 0 Å². The molecule has 0 bridgehead atoms. The maximum absolute atomic E-state index is 15.5. The number of alkyl halides is 4. The Labute approximate surface area is 176 Å². The minimum absolute atomic E-state index is 0.182. The molecule has 4 rings (SSSR count). The molecule has 10 heteroatoms. The lowest BCUT2D eigenvalue weighted by Crippen LogP contribution is -2.69. The Kier molecular flexibility index (Phi) is 7.21. The zero-order valence-corrected chi connectivity index (χ0v) is 17.7. The van der Waals surface area contributed by atoms with E-state index in [0.29, 0.717) is 25.4 Å². The van der Waals surface area contributed by atoms with Crippen LogP contribution in [0.3, 0.4) is 0 Å². The summed E-state index contributed by atoms with van der Waals surface area (Å²) in [5, 5.41) is 11.9. The first-order valence-corrected chi connectivity index (χ1v) is 11.4. The minimum Gasteiger partial charge on any atom is -0.299 e. The molecule has 0 aromatic carbocycles. The average Bonchev–Trinajstić information content (AvgIpc) is 3.36. The van der Waals surface area contributed by atoms with Crippen molar-refractivity contribution in [3.8, 4) is 0 Å². The van der Waals surface area contributed by atoms with E-state index in [2.05, 4.69) is 31.3 Å². The Bertz CT molecular complexity index is 556. The van der Waals surface area contributed by atoms with E-state index in [1.165, 1.54) is 0 Å². The van der Waals surface area contributed by atoms with Crippen molar-refractivity contribution in [3.63, 3.8) is 0 Å². The Morgan fingerprint density at radius 1 is 1.07 bits per heavy atom. The van der Waals surface area contributed by atoms with Crippen LogP contribution in [0.5, 0.6) is 0 Å². The number of halogens is 4. The van der Waals surface area contributed by atoms with Gasteiger partial charge in [0.15, 0.2) is 6.17 Å². The van der Waals surface area contributed by atoms with Crippen LogP contribution in [0.2, 0.25) is 0 Å². The van der Waals surface area contributed by atoms with E-state index in [0.717, 1.165) is 39.0 Å². The fraction of sp³-hybridized carbons (Fsp3) is 1.00. The van der Waals surface area contributed by atoms with Gasteiger partial charge in [-0.2, -0.15) is 13.2 Å². The average molecular weight is 437 g/mol. The van der Waals surface area contributed by atoms with Crippen LogP contribution >= 0.6 is 0 Å². The molecule has 5 atom stereocenters. The third kappa shape index (κ3) is 5.10. The van der Waals surface area contributed by atoms with E-state index in [-0.39, 0.29) is 31.0 Å². The van der Waals surface area contributed by atoms with Crippen molar-refractivity contribution in [1.29, 1.82) is 0 Å². The third-order valence-electron chi connectivity index (χ3n) is 7.54. The minimum atomic E-state index is -4.08. The van der Waals surface area contributed by atoms with Crippen LogP contribution in [0.4, 0.5) is 17.6 Å². The van der Waals surface area contributed by atoms with E-state index in [9.17, 15) is 13.2 Å². The van der Waals surface area contributed by atoms with Crippen molar-refractivity contribution in [2.75, 3.05) is 39.9 Å². The number of nitrogens with one attached hydrogen (secondary N) is 4. The highest BCUT2D eigenvalue weighted by atomic mass is 19.4. The van der Waals surface area contributed by atoms with Gasteiger partial charge in [0.1, 0.15) is 0 Å². The summed E-state index contributed by atoms with van der Waals surface area (Å²) in [7, 11) is 2.01. The van der Waals surface area contributed by atoms with Crippen LogP contribution in [0.25, 0.3) is 0 Å². The second-order valence-electron chi connectivity index (χ2n) is 9.57. The smallest absolute Gasteiger partial charge is 0.299 e. The molecule has 1 saturated carbocycles. The summed E-state index contributed by atoms with van der Waals surface area (Å²) < 4.78 is 54.5. The van der Waals surface area contributed by atoms with Crippen molar-refractivity contribution in [2.24, 2.45) is 17.8 Å². The molecule has 0 aromatic heterocycles. The van der Waals surface area contributed by atoms with Crippen LogP contribution in [0.15, 0.2) is 0 Å². The molecular formula is C20H36F4N6. The highest BCUT2D eigenvalue weighted by molar-refractivity contribution is 4.97. The van der Waals surface area contributed by atoms with Crippen molar-refractivity contribution in [1.82, 2.24) is 31.3 Å². The highest BCUT2D eigenvalue weighted by Gasteiger charge is 2.46. The number of hydrazine groups is 1. The van der Waals surface area contributed by atoms with Crippen molar-refractivity contribution in [2.45, 2.75) is 69.2 Å². The summed E-state index contributed by atoms with van der Waals surface area (Å²) in [4.78, 5) is 2.21. The van der Waals surface area contributed by atoms with Crippen LogP contribution < -0.4 is 21.4 Å². The molecule has 4 aliphatic rings. The van der Waals surface area contributed by atoms with Crippen LogP contribution in [-0.2, 0) is 0 Å². The van der Waals surface area contributed by atoms with Crippen LogP contribution in [-0.4, -0.2) is 80.5 Å². The van der Waals surface area contributed by atoms with Crippen molar-refractivity contribution < 1.29 is 17.6 Å². The highest BCUT2D eigenvalue weighted by Crippen LogP contribution is 2.43. The second-order valence-corrected chi connectivity index (χ2v) is 9.57. The summed E-state index contributed by atoms with van der Waals surface area (Å²) in [5.41, 5.74) is 3.26. The fourth-order valence-electron chi connectivity index (χ4n) is 5.90. The van der Waals surface area contributed by atoms with E-state index in [4.69, 9.17) is 0 Å². The Hall–Kier alpha value is -0.520. The zero-order valence-electron chi connectivity index (χ0n) is 17.7. The van der Waals surface area contributed by atoms with Gasteiger partial charge in [0, 0.05) is 45.9 Å². The Morgan fingerprint density at radius 3 is 2.50 bits per heavy atom. The number of nitrogens with zero attached hydrogens (tertiary/aromatic N) is 2. The third-order valence-corrected chi connectivity index (χ3v) is 7.54. The van der Waals surface area contributed by atoms with Crippen LogP contribution in [0.1, 0.15) is 38.5 Å². The molecule has 3 aliphatic heterocycles. The van der Waals surface area contributed by atoms with Gasteiger partial charge in [0.25, 0.3) is 0 Å². The molecule has 4 fully saturated rings. The van der Waals surface area contributed by atoms with Gasteiger partial charge in [-0.15, -0.1) is 0 Å². The maximum Gasteiger partial charge on any atom is 0.391 e. The van der Waals surface area contributed by atoms with Gasteiger partial charge in [0.2, 0.25) is 0 Å². The van der Waals surface area contributed by atoms with Gasteiger partial charge >= 0.3 is 6.18 Å². The molecule has 4 N–H and O–H groups in total. The number of likely N-dealkylation sites (tertiary alicyclic amines) is 1. The lowest BCUT2D eigenvalue weighted by atomic mass is 9.77. The lowest BCUT2D eigenvalue weighted by Gasteiger charge is -2.45. The van der Waals surface area contributed by atoms with E-state index >= 15 is 4.39 Å². The summed E-state index contributed by atoms with van der Waals surface area (Å²) in [6.45, 7) is 3.91. The fourth-order valence-corrected chi connectivity index (χ4v) is 5.90. The van der Waals surface area contributed by atoms with Gasteiger partial charge in [-0.05, 0) is 50.4 Å². The molecule has 5 unspecified atom stereocenters. The van der Waals surface area contributed by atoms with Gasteiger partial charge < -0.3 is 0 Å². The van der Waals surface area contributed by atoms with E-state index < -0.39 is 24.4 Å². The first kappa shape index (κ1) is 22.7.